The number of anilines is 1. The Hall–Kier alpha value is -2.65. The van der Waals surface area contributed by atoms with Crippen LogP contribution in [-0.2, 0) is 13.0 Å². The van der Waals surface area contributed by atoms with Gasteiger partial charge in [-0.1, -0.05) is 30.4 Å². The van der Waals surface area contributed by atoms with Crippen molar-refractivity contribution in [3.05, 3.63) is 57.3 Å². The molecule has 27 heavy (non-hydrogen) atoms. The van der Waals surface area contributed by atoms with Gasteiger partial charge in [-0.25, -0.2) is 4.39 Å². The predicted molar refractivity (Wildman–Crippen MR) is 105 cm³/mol. The van der Waals surface area contributed by atoms with Crippen LogP contribution in [0.1, 0.15) is 32.9 Å². The van der Waals surface area contributed by atoms with Gasteiger partial charge in [0.2, 0.25) is 5.13 Å². The van der Waals surface area contributed by atoms with Gasteiger partial charge in [-0.2, -0.15) is 5.10 Å². The fraction of sp³-hybridized carbons (Fsp3) is 0.222. The van der Waals surface area contributed by atoms with Crippen LogP contribution >= 0.6 is 22.7 Å². The van der Waals surface area contributed by atoms with Crippen molar-refractivity contribution in [2.45, 2.75) is 26.8 Å². The van der Waals surface area contributed by atoms with Crippen molar-refractivity contribution in [1.82, 2.24) is 20.0 Å². The van der Waals surface area contributed by atoms with Gasteiger partial charge in [0.05, 0.1) is 17.1 Å². The lowest BCUT2D eigenvalue weighted by Crippen LogP contribution is -2.09. The normalized spacial score (nSPS) is 11.2. The molecule has 0 aliphatic rings. The van der Waals surface area contributed by atoms with E-state index in [1.807, 2.05) is 24.6 Å². The molecule has 3 heterocycles. The van der Waals surface area contributed by atoms with E-state index in [-0.39, 0.29) is 11.7 Å². The number of nitrogens with zero attached hydrogens (tertiary/aromatic N) is 4. The zero-order valence-corrected chi connectivity index (χ0v) is 16.3. The topological polar surface area (TPSA) is 72.7 Å². The summed E-state index contributed by atoms with van der Waals surface area (Å²) in [5.74, 6) is -0.471. The van der Waals surface area contributed by atoms with Crippen LogP contribution in [0, 0.1) is 12.7 Å². The minimum absolute atomic E-state index is 0.206. The van der Waals surface area contributed by atoms with Gasteiger partial charge in [-0.05, 0) is 37.1 Å². The second kappa shape index (κ2) is 7.16. The first-order valence-corrected chi connectivity index (χ1v) is 10.0. The van der Waals surface area contributed by atoms with Crippen molar-refractivity contribution in [1.29, 1.82) is 0 Å². The van der Waals surface area contributed by atoms with E-state index < -0.39 is 0 Å². The molecule has 1 aromatic carbocycles. The fourth-order valence-corrected chi connectivity index (χ4v) is 4.43. The van der Waals surface area contributed by atoms with Crippen molar-refractivity contribution in [2.24, 2.45) is 0 Å². The van der Waals surface area contributed by atoms with Gasteiger partial charge in [-0.3, -0.25) is 14.8 Å². The number of hydrogen-bond donors (Lipinski definition) is 1. The average Bonchev–Trinajstić information content (AvgIpc) is 3.35. The summed E-state index contributed by atoms with van der Waals surface area (Å²) < 4.78 is 15.0. The quantitative estimate of drug-likeness (QED) is 0.542. The summed E-state index contributed by atoms with van der Waals surface area (Å²) in [6.07, 6.45) is 0.787. The molecule has 0 spiro atoms. The van der Waals surface area contributed by atoms with Crippen LogP contribution in [0.2, 0.25) is 0 Å². The number of aryl methyl sites for hydroxylation is 2. The zero-order valence-electron chi connectivity index (χ0n) is 14.7. The Labute approximate surface area is 162 Å². The molecule has 0 fully saturated rings. The number of benzene rings is 1. The maximum Gasteiger partial charge on any atom is 0.267 e. The lowest BCUT2D eigenvalue weighted by atomic mass is 10.2. The third-order valence-electron chi connectivity index (χ3n) is 4.07. The average molecular weight is 401 g/mol. The molecule has 6 nitrogen and oxygen atoms in total. The molecule has 9 heteroatoms. The standard InChI is InChI=1S/C18H16FN5OS2/c1-3-15-21-22-18(27-15)20-16(25)14-8-13-10(2)23-24(17(13)26-14)9-11-4-6-12(19)7-5-11/h4-8H,3,9H2,1-2H3,(H,20,22,25). The lowest BCUT2D eigenvalue weighted by Gasteiger charge is -2.03. The van der Waals surface area contributed by atoms with Crippen molar-refractivity contribution < 1.29 is 9.18 Å². The highest BCUT2D eigenvalue weighted by Crippen LogP contribution is 2.29. The smallest absolute Gasteiger partial charge is 0.267 e. The Bertz CT molecular complexity index is 1110. The molecule has 4 rings (SSSR count). The van der Waals surface area contributed by atoms with E-state index in [9.17, 15) is 9.18 Å². The Morgan fingerprint density at radius 3 is 2.70 bits per heavy atom. The second-order valence-corrected chi connectivity index (χ2v) is 8.10. The van der Waals surface area contributed by atoms with Crippen molar-refractivity contribution in [3.63, 3.8) is 0 Å². The highest BCUT2D eigenvalue weighted by molar-refractivity contribution is 7.20. The molecule has 1 amide bonds. The summed E-state index contributed by atoms with van der Waals surface area (Å²) >= 11 is 2.75. The number of carbonyl (C=O) groups is 1. The van der Waals surface area contributed by atoms with E-state index in [0.29, 0.717) is 16.6 Å². The number of halogens is 1. The molecule has 3 aromatic heterocycles. The number of fused-ring (bicyclic) bond motifs is 1. The molecular weight excluding hydrogens is 385 g/mol. The van der Waals surface area contributed by atoms with E-state index >= 15 is 0 Å². The van der Waals surface area contributed by atoms with Crippen molar-refractivity contribution >= 4 is 43.9 Å². The van der Waals surface area contributed by atoms with E-state index in [1.54, 1.807) is 12.1 Å². The minimum Gasteiger partial charge on any atom is -0.296 e. The summed E-state index contributed by atoms with van der Waals surface area (Å²) in [5.41, 5.74) is 1.80. The Kier molecular flexibility index (Phi) is 4.71. The summed E-state index contributed by atoms with van der Waals surface area (Å²) in [6, 6.07) is 8.19. The monoisotopic (exact) mass is 401 g/mol. The van der Waals surface area contributed by atoms with E-state index in [2.05, 4.69) is 20.6 Å². The van der Waals surface area contributed by atoms with Gasteiger partial charge in [0, 0.05) is 5.39 Å². The number of aromatic nitrogens is 4. The Morgan fingerprint density at radius 1 is 1.22 bits per heavy atom. The van der Waals surface area contributed by atoms with Crippen LogP contribution in [0.25, 0.3) is 10.2 Å². The summed E-state index contributed by atoms with van der Waals surface area (Å²) in [5, 5.41) is 17.7. The van der Waals surface area contributed by atoms with Gasteiger partial charge >= 0.3 is 0 Å². The van der Waals surface area contributed by atoms with E-state index in [1.165, 1.54) is 34.8 Å². The van der Waals surface area contributed by atoms with Crippen LogP contribution in [0.4, 0.5) is 9.52 Å². The molecule has 1 N–H and O–H groups in total. The molecule has 0 saturated carbocycles. The van der Waals surface area contributed by atoms with Crippen LogP contribution in [0.15, 0.2) is 30.3 Å². The van der Waals surface area contributed by atoms with Gasteiger partial charge in [0.15, 0.2) is 0 Å². The number of thiophene rings is 1. The molecule has 138 valence electrons. The van der Waals surface area contributed by atoms with Gasteiger partial charge < -0.3 is 0 Å². The third kappa shape index (κ3) is 3.60. The van der Waals surface area contributed by atoms with Crippen LogP contribution < -0.4 is 5.32 Å². The highest BCUT2D eigenvalue weighted by Gasteiger charge is 2.18. The van der Waals surface area contributed by atoms with Gasteiger partial charge in [0.25, 0.3) is 5.91 Å². The lowest BCUT2D eigenvalue weighted by molar-refractivity contribution is 0.103. The number of amides is 1. The maximum atomic E-state index is 13.1. The zero-order chi connectivity index (χ0) is 19.0. The maximum absolute atomic E-state index is 13.1. The largest absolute Gasteiger partial charge is 0.296 e. The highest BCUT2D eigenvalue weighted by atomic mass is 32.1. The fourth-order valence-electron chi connectivity index (χ4n) is 2.70. The molecule has 0 aliphatic heterocycles. The number of carbonyl (C=O) groups excluding carboxylic acids is 1. The Morgan fingerprint density at radius 2 is 2.00 bits per heavy atom. The second-order valence-electron chi connectivity index (χ2n) is 6.01. The third-order valence-corrected chi connectivity index (χ3v) is 6.20. The first-order valence-electron chi connectivity index (χ1n) is 8.38. The minimum atomic E-state index is -0.265. The first-order chi connectivity index (χ1) is 13.0. The number of rotatable bonds is 5. The summed E-state index contributed by atoms with van der Waals surface area (Å²) in [7, 11) is 0. The molecule has 0 unspecified atom stereocenters. The molecule has 0 bridgehead atoms. The molecule has 0 atom stereocenters. The summed E-state index contributed by atoms with van der Waals surface area (Å²) in [4.78, 5) is 14.1. The van der Waals surface area contributed by atoms with Gasteiger partial charge in [-0.15, -0.1) is 21.5 Å². The molecule has 0 radical (unpaired) electrons. The van der Waals surface area contributed by atoms with E-state index in [4.69, 9.17) is 0 Å². The van der Waals surface area contributed by atoms with Gasteiger partial charge in [0.1, 0.15) is 15.7 Å². The van der Waals surface area contributed by atoms with Crippen molar-refractivity contribution in [2.75, 3.05) is 5.32 Å². The Balaban J connectivity index is 1.59. The number of nitrogens with one attached hydrogen (secondary N) is 1. The number of hydrogen-bond acceptors (Lipinski definition) is 6. The van der Waals surface area contributed by atoms with Crippen LogP contribution in [-0.4, -0.2) is 25.9 Å². The molecular formula is C18H16FN5OS2. The van der Waals surface area contributed by atoms with Crippen molar-refractivity contribution in [3.8, 4) is 0 Å². The SMILES string of the molecule is CCc1nnc(NC(=O)c2cc3c(C)nn(Cc4ccc(F)cc4)c3s2)s1. The predicted octanol–water partition coefficient (Wildman–Crippen LogP) is 4.26. The summed E-state index contributed by atoms with van der Waals surface area (Å²) in [6.45, 7) is 4.42. The molecule has 0 aliphatic carbocycles. The van der Waals surface area contributed by atoms with E-state index in [0.717, 1.165) is 32.9 Å². The van der Waals surface area contributed by atoms with Crippen LogP contribution in [0.5, 0.6) is 0 Å². The molecule has 0 saturated heterocycles. The molecule has 4 aromatic rings. The van der Waals surface area contributed by atoms with Crippen LogP contribution in [0.3, 0.4) is 0 Å². The first kappa shape index (κ1) is 17.7.